The van der Waals surface area contributed by atoms with Crippen LogP contribution in [0.15, 0.2) is 39.8 Å². The van der Waals surface area contributed by atoms with Gasteiger partial charge in [-0.25, -0.2) is 14.3 Å². The molecule has 3 heterocycles. The van der Waals surface area contributed by atoms with Gasteiger partial charge >= 0.3 is 5.69 Å². The molecule has 1 aromatic carbocycles. The normalized spacial score (nSPS) is 15.3. The van der Waals surface area contributed by atoms with E-state index < -0.39 is 5.60 Å². The predicted octanol–water partition coefficient (Wildman–Crippen LogP) is 1.53. The molecule has 0 saturated heterocycles. The highest BCUT2D eigenvalue weighted by Crippen LogP contribution is 2.31. The molecule has 4 aromatic rings. The van der Waals surface area contributed by atoms with Gasteiger partial charge in [-0.15, -0.1) is 0 Å². The maximum atomic E-state index is 13.3. The second-order valence-corrected chi connectivity index (χ2v) is 8.11. The van der Waals surface area contributed by atoms with E-state index in [1.165, 1.54) is 17.7 Å². The standard InChI is InChI=1S/C22H21N7O3/c1-13-25-19(27-32-13)22(2,31)9-7-14-5-6-16-17(11-14)29(18-8-10-24-20(23)26-18)21(30)28(16)12-15-3-4-15/h5-6,8,10-11,15,31H,3-4,12H2,1-2H3,(H2,23,24,26)/t22-/m1/s1. The van der Waals surface area contributed by atoms with Gasteiger partial charge in [-0.1, -0.05) is 17.0 Å². The molecule has 32 heavy (non-hydrogen) atoms. The molecule has 0 radical (unpaired) electrons. The number of anilines is 1. The second kappa shape index (κ2) is 7.32. The summed E-state index contributed by atoms with van der Waals surface area (Å²) in [4.78, 5) is 25.5. The van der Waals surface area contributed by atoms with Crippen LogP contribution in [0.2, 0.25) is 0 Å². The van der Waals surface area contributed by atoms with Crippen molar-refractivity contribution in [1.82, 2.24) is 29.2 Å². The summed E-state index contributed by atoms with van der Waals surface area (Å²) in [7, 11) is 0. The lowest BCUT2D eigenvalue weighted by Crippen LogP contribution is -2.24. The van der Waals surface area contributed by atoms with E-state index in [1.807, 2.05) is 12.1 Å². The summed E-state index contributed by atoms with van der Waals surface area (Å²) in [5, 5.41) is 14.4. The summed E-state index contributed by atoms with van der Waals surface area (Å²) >= 11 is 0. The van der Waals surface area contributed by atoms with Crippen molar-refractivity contribution in [2.24, 2.45) is 5.92 Å². The lowest BCUT2D eigenvalue weighted by Gasteiger charge is -2.10. The Morgan fingerprint density at radius 1 is 1.28 bits per heavy atom. The number of aryl methyl sites for hydroxylation is 1. The molecule has 1 saturated carbocycles. The van der Waals surface area contributed by atoms with E-state index >= 15 is 0 Å². The highest BCUT2D eigenvalue weighted by molar-refractivity contribution is 5.79. The Morgan fingerprint density at radius 3 is 2.78 bits per heavy atom. The number of nitrogens with two attached hydrogens (primary N) is 1. The number of hydrogen-bond acceptors (Lipinski definition) is 8. The molecule has 5 rings (SSSR count). The molecule has 0 aliphatic heterocycles. The molecule has 0 bridgehead atoms. The van der Waals surface area contributed by atoms with Crippen molar-refractivity contribution in [1.29, 1.82) is 0 Å². The van der Waals surface area contributed by atoms with Crippen molar-refractivity contribution in [3.8, 4) is 17.7 Å². The van der Waals surface area contributed by atoms with Gasteiger partial charge in [0.15, 0.2) is 5.60 Å². The molecule has 0 spiro atoms. The first-order chi connectivity index (χ1) is 15.3. The smallest absolute Gasteiger partial charge is 0.334 e. The molecule has 0 unspecified atom stereocenters. The third-order valence-electron chi connectivity index (χ3n) is 5.37. The molecule has 162 valence electrons. The number of nitrogen functional groups attached to an aromatic ring is 1. The maximum absolute atomic E-state index is 13.3. The lowest BCUT2D eigenvalue weighted by atomic mass is 10.1. The number of aromatic nitrogens is 6. The minimum atomic E-state index is -1.59. The number of benzene rings is 1. The van der Waals surface area contributed by atoms with E-state index in [2.05, 4.69) is 31.9 Å². The third-order valence-corrected chi connectivity index (χ3v) is 5.37. The number of rotatable bonds is 4. The minimum absolute atomic E-state index is 0.0832. The van der Waals surface area contributed by atoms with Crippen LogP contribution in [0.1, 0.15) is 37.0 Å². The van der Waals surface area contributed by atoms with Gasteiger partial charge in [0.1, 0.15) is 5.82 Å². The van der Waals surface area contributed by atoms with Gasteiger partial charge in [0.25, 0.3) is 0 Å². The molecule has 1 aliphatic carbocycles. The average molecular weight is 431 g/mol. The van der Waals surface area contributed by atoms with E-state index in [1.54, 1.807) is 23.6 Å². The topological polar surface area (TPSA) is 138 Å². The van der Waals surface area contributed by atoms with E-state index in [0.29, 0.717) is 35.3 Å². The molecular formula is C22H21N7O3. The van der Waals surface area contributed by atoms with Crippen molar-refractivity contribution < 1.29 is 9.63 Å². The van der Waals surface area contributed by atoms with Gasteiger partial charge < -0.3 is 15.4 Å². The number of fused-ring (bicyclic) bond motifs is 1. The molecule has 3 N–H and O–H groups in total. The Hall–Kier alpha value is -3.97. The van der Waals surface area contributed by atoms with Crippen molar-refractivity contribution in [3.63, 3.8) is 0 Å². The van der Waals surface area contributed by atoms with Crippen LogP contribution in [0.4, 0.5) is 5.95 Å². The summed E-state index contributed by atoms with van der Waals surface area (Å²) in [6, 6.07) is 7.11. The fourth-order valence-electron chi connectivity index (χ4n) is 3.53. The van der Waals surface area contributed by atoms with Gasteiger partial charge in [0.2, 0.25) is 17.7 Å². The fraction of sp³-hybridized carbons (Fsp3) is 0.318. The molecule has 1 atom stereocenters. The van der Waals surface area contributed by atoms with Gasteiger partial charge in [-0.3, -0.25) is 4.57 Å². The van der Waals surface area contributed by atoms with Crippen LogP contribution in [0.5, 0.6) is 0 Å². The molecule has 1 fully saturated rings. The Labute approximate surface area is 182 Å². The van der Waals surface area contributed by atoms with Crippen LogP contribution in [0.25, 0.3) is 16.9 Å². The summed E-state index contributed by atoms with van der Waals surface area (Å²) in [5.41, 5.74) is 6.01. The van der Waals surface area contributed by atoms with Crippen LogP contribution in [0, 0.1) is 24.7 Å². The van der Waals surface area contributed by atoms with Crippen LogP contribution in [-0.2, 0) is 12.1 Å². The first-order valence-corrected chi connectivity index (χ1v) is 10.2. The third kappa shape index (κ3) is 3.63. The zero-order valence-electron chi connectivity index (χ0n) is 17.6. The molecular weight excluding hydrogens is 410 g/mol. The summed E-state index contributed by atoms with van der Waals surface area (Å²) < 4.78 is 8.22. The average Bonchev–Trinajstić information content (AvgIpc) is 3.40. The van der Waals surface area contributed by atoms with Crippen LogP contribution >= 0.6 is 0 Å². The predicted molar refractivity (Wildman–Crippen MR) is 116 cm³/mol. The van der Waals surface area contributed by atoms with Crippen molar-refractivity contribution in [2.75, 3.05) is 5.73 Å². The largest absolute Gasteiger partial charge is 0.371 e. The zero-order valence-corrected chi connectivity index (χ0v) is 17.6. The molecule has 10 heteroatoms. The Balaban J connectivity index is 1.63. The quantitative estimate of drug-likeness (QED) is 0.464. The fourth-order valence-corrected chi connectivity index (χ4v) is 3.53. The lowest BCUT2D eigenvalue weighted by molar-refractivity contribution is 0.108. The molecule has 0 amide bonds. The van der Waals surface area contributed by atoms with Gasteiger partial charge in [0.05, 0.1) is 11.0 Å². The monoisotopic (exact) mass is 431 g/mol. The van der Waals surface area contributed by atoms with Crippen molar-refractivity contribution >= 4 is 17.0 Å². The van der Waals surface area contributed by atoms with Crippen molar-refractivity contribution in [3.05, 3.63) is 58.2 Å². The highest BCUT2D eigenvalue weighted by Gasteiger charge is 2.27. The number of nitrogens with zero attached hydrogens (tertiary/aromatic N) is 6. The van der Waals surface area contributed by atoms with Crippen LogP contribution in [0.3, 0.4) is 0 Å². The van der Waals surface area contributed by atoms with E-state index in [-0.39, 0.29) is 17.5 Å². The minimum Gasteiger partial charge on any atom is -0.371 e. The number of imidazole rings is 1. The number of aliphatic hydroxyl groups is 1. The van der Waals surface area contributed by atoms with E-state index in [4.69, 9.17) is 10.3 Å². The Bertz CT molecular complexity index is 1450. The second-order valence-electron chi connectivity index (χ2n) is 8.11. The zero-order chi connectivity index (χ0) is 22.5. The summed E-state index contributed by atoms with van der Waals surface area (Å²) in [6.07, 6.45) is 3.75. The van der Waals surface area contributed by atoms with E-state index in [0.717, 1.165) is 18.4 Å². The maximum Gasteiger partial charge on any atom is 0.334 e. The van der Waals surface area contributed by atoms with Gasteiger partial charge in [-0.2, -0.15) is 9.97 Å². The highest BCUT2D eigenvalue weighted by atomic mass is 16.5. The van der Waals surface area contributed by atoms with Gasteiger partial charge in [0, 0.05) is 31.3 Å². The Kier molecular flexibility index (Phi) is 4.56. The summed E-state index contributed by atoms with van der Waals surface area (Å²) in [6.45, 7) is 3.79. The molecule has 10 nitrogen and oxygen atoms in total. The van der Waals surface area contributed by atoms with Gasteiger partial charge in [-0.05, 0) is 43.9 Å². The van der Waals surface area contributed by atoms with Crippen LogP contribution in [-0.4, -0.2) is 34.3 Å². The number of hydrogen-bond donors (Lipinski definition) is 2. The first-order valence-electron chi connectivity index (χ1n) is 10.2. The summed E-state index contributed by atoms with van der Waals surface area (Å²) in [5.74, 6) is 7.15. The van der Waals surface area contributed by atoms with Crippen molar-refractivity contribution in [2.45, 2.75) is 38.8 Å². The molecule has 1 aliphatic rings. The molecule has 3 aromatic heterocycles. The first kappa shape index (κ1) is 20.0. The van der Waals surface area contributed by atoms with E-state index in [9.17, 15) is 9.90 Å². The SMILES string of the molecule is Cc1nc([C@](C)(O)C#Cc2ccc3c(c2)n(-c2ccnc(N)n2)c(=O)n3CC2CC2)no1. The van der Waals surface area contributed by atoms with Crippen LogP contribution < -0.4 is 11.4 Å². The Morgan fingerprint density at radius 2 is 2.09 bits per heavy atom.